The minimum absolute atomic E-state index is 0.167. The Morgan fingerprint density at radius 3 is 2.42 bits per heavy atom. The zero-order chi connectivity index (χ0) is 23.4. The Balaban J connectivity index is 1.77. The highest BCUT2D eigenvalue weighted by Gasteiger charge is 2.33. The molecule has 1 unspecified atom stereocenters. The van der Waals surface area contributed by atoms with Crippen molar-refractivity contribution < 1.29 is 13.6 Å². The third-order valence-corrected chi connectivity index (χ3v) is 7.67. The Bertz CT molecular complexity index is 1410. The van der Waals surface area contributed by atoms with Gasteiger partial charge in [-0.25, -0.2) is 13.8 Å². The van der Waals surface area contributed by atoms with Gasteiger partial charge in [0.15, 0.2) is 0 Å². The lowest BCUT2D eigenvalue weighted by Crippen LogP contribution is -2.30. The second-order valence-corrected chi connectivity index (χ2v) is 10.8. The number of carbonyl (C=O) groups excluding carboxylic acids is 1. The molecule has 0 bridgehead atoms. The number of benzene rings is 3. The fraction of sp³-hybridized carbons (Fsp3) is 0.231. The first-order chi connectivity index (χ1) is 15.8. The molecule has 4 nitrogen and oxygen atoms in total. The molecule has 0 N–H and O–H groups in total. The Hall–Kier alpha value is -3.11. The van der Waals surface area contributed by atoms with E-state index in [2.05, 4.69) is 0 Å². The van der Waals surface area contributed by atoms with Crippen molar-refractivity contribution in [3.05, 3.63) is 77.6 Å². The van der Waals surface area contributed by atoms with Crippen molar-refractivity contribution in [3.8, 4) is 16.8 Å². The molecule has 1 aliphatic rings. The van der Waals surface area contributed by atoms with Crippen LogP contribution in [-0.4, -0.2) is 40.7 Å². The number of halogens is 2. The maximum Gasteiger partial charge on any atom is 0.256 e. The predicted molar refractivity (Wildman–Crippen MR) is 130 cm³/mol. The topological polar surface area (TPSA) is 38.1 Å². The maximum atomic E-state index is 14.7. The molecule has 1 amide bonds. The third-order valence-electron chi connectivity index (χ3n) is 6.35. The van der Waals surface area contributed by atoms with Crippen LogP contribution in [0.2, 0.25) is 0 Å². The first kappa shape index (κ1) is 21.7. The SMILES string of the molecule is CCC1c2nc3ccc(-c4ccc(P(C)C)c(F)c4)cc3n2-c2cc(F)ccc2C(=O)N1C. The molecular formula is C26H24F2N3OP. The number of nitrogens with zero attached hydrogens (tertiary/aromatic N) is 3. The number of aromatic nitrogens is 2. The molecule has 0 fully saturated rings. The van der Waals surface area contributed by atoms with E-state index in [-0.39, 0.29) is 17.8 Å². The van der Waals surface area contributed by atoms with Gasteiger partial charge in [0, 0.05) is 12.4 Å². The molecule has 7 heteroatoms. The summed E-state index contributed by atoms with van der Waals surface area (Å²) < 4.78 is 30.9. The molecule has 5 rings (SSSR count). The van der Waals surface area contributed by atoms with Gasteiger partial charge in [0.1, 0.15) is 17.5 Å². The molecule has 1 aliphatic heterocycles. The van der Waals surface area contributed by atoms with Gasteiger partial charge in [0.05, 0.1) is 28.3 Å². The second-order valence-electron chi connectivity index (χ2n) is 8.57. The molecule has 4 aromatic rings. The van der Waals surface area contributed by atoms with Crippen LogP contribution in [0.3, 0.4) is 0 Å². The average molecular weight is 463 g/mol. The lowest BCUT2D eigenvalue weighted by atomic mass is 10.0. The summed E-state index contributed by atoms with van der Waals surface area (Å²) in [7, 11) is 1.22. The summed E-state index contributed by atoms with van der Waals surface area (Å²) in [6.07, 6.45) is 0.665. The normalized spacial score (nSPS) is 15.7. The van der Waals surface area contributed by atoms with Crippen LogP contribution >= 0.6 is 7.92 Å². The molecule has 1 aromatic heterocycles. The van der Waals surface area contributed by atoms with Crippen molar-refractivity contribution in [2.75, 3.05) is 20.4 Å². The zero-order valence-electron chi connectivity index (χ0n) is 18.9. The van der Waals surface area contributed by atoms with Crippen LogP contribution < -0.4 is 5.30 Å². The molecule has 0 aliphatic carbocycles. The van der Waals surface area contributed by atoms with E-state index in [1.807, 2.05) is 55.2 Å². The van der Waals surface area contributed by atoms with Crippen molar-refractivity contribution in [1.29, 1.82) is 0 Å². The first-order valence-electron chi connectivity index (χ1n) is 10.9. The highest BCUT2D eigenvalue weighted by atomic mass is 31.1. The summed E-state index contributed by atoms with van der Waals surface area (Å²) in [5, 5.41) is 0.741. The minimum atomic E-state index is -0.537. The van der Waals surface area contributed by atoms with Gasteiger partial charge < -0.3 is 4.90 Å². The molecular weight excluding hydrogens is 439 g/mol. The van der Waals surface area contributed by atoms with E-state index >= 15 is 0 Å². The van der Waals surface area contributed by atoms with Gasteiger partial charge in [-0.05, 0) is 67.3 Å². The molecule has 0 saturated heterocycles. The molecule has 0 saturated carbocycles. The highest BCUT2D eigenvalue weighted by Crippen LogP contribution is 2.37. The van der Waals surface area contributed by atoms with Crippen molar-refractivity contribution in [2.45, 2.75) is 19.4 Å². The molecule has 33 heavy (non-hydrogen) atoms. The fourth-order valence-electron chi connectivity index (χ4n) is 4.63. The van der Waals surface area contributed by atoms with E-state index in [4.69, 9.17) is 4.98 Å². The second kappa shape index (κ2) is 8.03. The predicted octanol–water partition coefficient (Wildman–Crippen LogP) is 5.87. The van der Waals surface area contributed by atoms with E-state index in [0.29, 0.717) is 23.5 Å². The van der Waals surface area contributed by atoms with Gasteiger partial charge >= 0.3 is 0 Å². The molecule has 168 valence electrons. The molecule has 0 radical (unpaired) electrons. The Kier molecular flexibility index (Phi) is 5.29. The van der Waals surface area contributed by atoms with Gasteiger partial charge in [-0.2, -0.15) is 0 Å². The number of carbonyl (C=O) groups is 1. The highest BCUT2D eigenvalue weighted by molar-refractivity contribution is 7.64. The van der Waals surface area contributed by atoms with Crippen molar-refractivity contribution in [2.24, 2.45) is 0 Å². The maximum absolute atomic E-state index is 14.7. The number of rotatable bonds is 3. The molecule has 1 atom stereocenters. The number of amides is 1. The Labute approximate surface area is 192 Å². The van der Waals surface area contributed by atoms with Gasteiger partial charge in [-0.15, -0.1) is 0 Å². The minimum Gasteiger partial charge on any atom is -0.331 e. The Morgan fingerprint density at radius 1 is 1.00 bits per heavy atom. The monoisotopic (exact) mass is 463 g/mol. The van der Waals surface area contributed by atoms with Crippen LogP contribution in [0, 0.1) is 11.6 Å². The number of hydrogen-bond donors (Lipinski definition) is 0. The summed E-state index contributed by atoms with van der Waals surface area (Å²) >= 11 is 0. The fourth-order valence-corrected chi connectivity index (χ4v) is 5.50. The van der Waals surface area contributed by atoms with E-state index in [1.54, 1.807) is 18.0 Å². The van der Waals surface area contributed by atoms with E-state index in [0.717, 1.165) is 27.5 Å². The smallest absolute Gasteiger partial charge is 0.256 e. The lowest BCUT2D eigenvalue weighted by Gasteiger charge is -2.24. The van der Waals surface area contributed by atoms with Crippen LogP contribution in [-0.2, 0) is 0 Å². The van der Waals surface area contributed by atoms with Crippen LogP contribution in [0.4, 0.5) is 8.78 Å². The quantitative estimate of drug-likeness (QED) is 0.356. The van der Waals surface area contributed by atoms with Gasteiger partial charge in [-0.1, -0.05) is 33.0 Å². The van der Waals surface area contributed by atoms with Crippen molar-refractivity contribution >= 4 is 30.2 Å². The van der Waals surface area contributed by atoms with Crippen LogP contribution in [0.25, 0.3) is 27.8 Å². The van der Waals surface area contributed by atoms with Gasteiger partial charge in [0.2, 0.25) is 0 Å². The zero-order valence-corrected chi connectivity index (χ0v) is 19.8. The summed E-state index contributed by atoms with van der Waals surface area (Å²) in [6.45, 7) is 6.06. The van der Waals surface area contributed by atoms with Crippen LogP contribution in [0.5, 0.6) is 0 Å². The molecule has 2 heterocycles. The summed E-state index contributed by atoms with van der Waals surface area (Å²) in [6, 6.07) is 15.1. The van der Waals surface area contributed by atoms with Gasteiger partial charge in [0.25, 0.3) is 5.91 Å². The molecule has 3 aromatic carbocycles. The van der Waals surface area contributed by atoms with Gasteiger partial charge in [-0.3, -0.25) is 9.36 Å². The van der Waals surface area contributed by atoms with E-state index < -0.39 is 13.7 Å². The number of fused-ring (bicyclic) bond motifs is 5. The summed E-state index contributed by atoms with van der Waals surface area (Å²) in [5.41, 5.74) is 4.00. The van der Waals surface area contributed by atoms with E-state index in [1.165, 1.54) is 18.2 Å². The van der Waals surface area contributed by atoms with Crippen LogP contribution in [0.1, 0.15) is 35.6 Å². The summed E-state index contributed by atoms with van der Waals surface area (Å²) in [5.74, 6) is -0.105. The van der Waals surface area contributed by atoms with Crippen molar-refractivity contribution in [1.82, 2.24) is 14.5 Å². The number of hydrogen-bond acceptors (Lipinski definition) is 2. The third kappa shape index (κ3) is 3.44. The Morgan fingerprint density at radius 2 is 1.73 bits per heavy atom. The summed E-state index contributed by atoms with van der Waals surface area (Å²) in [4.78, 5) is 19.7. The average Bonchev–Trinajstić information content (AvgIpc) is 3.13. The van der Waals surface area contributed by atoms with E-state index in [9.17, 15) is 13.6 Å². The first-order valence-corrected chi connectivity index (χ1v) is 13.1. The standard InChI is InChI=1S/C26H24F2N3OP/c1-5-21-25-29-20-10-6-16(15-7-11-24(33(3)4)19(28)12-15)13-23(20)31(25)22-14-17(27)8-9-18(22)26(32)30(21)2/h6-14,21H,5H2,1-4H3. The van der Waals surface area contributed by atoms with Crippen molar-refractivity contribution in [3.63, 3.8) is 0 Å². The largest absolute Gasteiger partial charge is 0.331 e. The molecule has 0 spiro atoms. The number of imidazole rings is 1. The lowest BCUT2D eigenvalue weighted by molar-refractivity contribution is 0.0726. The van der Waals surface area contributed by atoms with Crippen LogP contribution in [0.15, 0.2) is 54.6 Å².